The number of hydrogen-bond acceptors (Lipinski definition) is 15. The third kappa shape index (κ3) is 18.1. The molecule has 1 saturated heterocycles. The monoisotopic (exact) mass is 998 g/mol. The molecule has 2 heterocycles. The second-order valence-corrected chi connectivity index (χ2v) is 17.7. The van der Waals surface area contributed by atoms with E-state index in [2.05, 4.69) is 77.4 Å². The molecule has 1 aromatic rings. The highest BCUT2D eigenvalue weighted by Gasteiger charge is 2.39. The van der Waals surface area contributed by atoms with Crippen molar-refractivity contribution in [3.05, 3.63) is 18.2 Å². The quantitative estimate of drug-likeness (QED) is 0.0164. The van der Waals surface area contributed by atoms with E-state index >= 15 is 0 Å². The lowest BCUT2D eigenvalue weighted by molar-refractivity contribution is -0.142. The minimum absolute atomic E-state index is 0.0118. The first kappa shape index (κ1) is 58.5. The van der Waals surface area contributed by atoms with E-state index in [-0.39, 0.29) is 49.8 Å². The van der Waals surface area contributed by atoms with E-state index in [1.165, 1.54) is 31.3 Å². The lowest BCUT2D eigenvalue weighted by Crippen LogP contribution is -2.62. The molecule has 382 valence electrons. The SMILES string of the molecule is CC[C@H](C)[C@H](NC(=O)[C@@H](NC(=O)[C@H](Cc1cnc[nH]1)NC(=O)[C@H](CCCN=C(N)N)NC(=O)[C@@H]1CCCN1C(=O)[C@@H](N)CS)C(C)C)C(=O)N[C@@H](CS)C(=O)N[C@H](C(=O)N[C@@H](C)C(=O)O)[C@@H](C)O. The molecule has 2 rings (SSSR count). The fraction of sp³-hybridized carbons (Fsp3) is 0.683. The van der Waals surface area contributed by atoms with E-state index in [0.717, 1.165) is 0 Å². The number of nitrogens with zero attached hydrogens (tertiary/aromatic N) is 3. The molecule has 0 saturated carbocycles. The van der Waals surface area contributed by atoms with E-state index in [1.807, 2.05) is 0 Å². The molecule has 1 aromatic heterocycles. The van der Waals surface area contributed by atoms with Crippen molar-refractivity contribution in [2.75, 3.05) is 24.6 Å². The molecule has 0 bridgehead atoms. The molecule has 0 radical (unpaired) electrons. The molecule has 0 aliphatic carbocycles. The van der Waals surface area contributed by atoms with Crippen LogP contribution in [0.25, 0.3) is 0 Å². The summed E-state index contributed by atoms with van der Waals surface area (Å²) in [7, 11) is 0. The van der Waals surface area contributed by atoms with Gasteiger partial charge >= 0.3 is 5.97 Å². The molecule has 8 amide bonds. The van der Waals surface area contributed by atoms with Gasteiger partial charge in [0.05, 0.1) is 18.5 Å². The number of carbonyl (C=O) groups is 9. The zero-order valence-electron chi connectivity index (χ0n) is 39.2. The Hall–Kier alpha value is -5.67. The number of aliphatic hydroxyl groups excluding tert-OH is 1. The van der Waals surface area contributed by atoms with Gasteiger partial charge in [-0.3, -0.25) is 48.1 Å². The van der Waals surface area contributed by atoms with Gasteiger partial charge in [-0.15, -0.1) is 0 Å². The summed E-state index contributed by atoms with van der Waals surface area (Å²) >= 11 is 8.28. The summed E-state index contributed by atoms with van der Waals surface area (Å²) in [6.45, 7) is 9.47. The van der Waals surface area contributed by atoms with Gasteiger partial charge in [0, 0.05) is 42.9 Å². The van der Waals surface area contributed by atoms with Crippen LogP contribution in [0.1, 0.15) is 79.3 Å². The number of rotatable bonds is 28. The molecule has 1 fully saturated rings. The van der Waals surface area contributed by atoms with Crippen LogP contribution in [0, 0.1) is 11.8 Å². The molecule has 11 atom stereocenters. The van der Waals surface area contributed by atoms with Crippen LogP contribution in [0.15, 0.2) is 17.5 Å². The first-order chi connectivity index (χ1) is 32.0. The van der Waals surface area contributed by atoms with Crippen molar-refractivity contribution in [3.63, 3.8) is 0 Å². The van der Waals surface area contributed by atoms with Crippen molar-refractivity contribution in [2.24, 2.45) is 34.0 Å². The van der Waals surface area contributed by atoms with Crippen LogP contribution >= 0.6 is 25.3 Å². The van der Waals surface area contributed by atoms with Crippen LogP contribution in [0.4, 0.5) is 0 Å². The number of carboxylic acid groups (broad SMARTS) is 1. The Balaban J connectivity index is 2.36. The molecule has 25 nitrogen and oxygen atoms in total. The standard InChI is InChI=1S/C41H70N14O11S2/c1-7-20(4)30(37(62)51-27(17-68)34(59)54-31(22(6)56)38(63)48-21(5)40(65)66)53-36(61)29(19(2)3)52-33(58)26(14-23-15-45-18-47-23)50-32(57)25(10-8-12-46-41(43)44)49-35(60)28-11-9-13-55(28)39(64)24(42)16-67/h15,18-22,24-31,56,67-68H,7-14,16-17,42H2,1-6H3,(H,45,47)(H,48,63)(H,49,60)(H,50,57)(H,51,62)(H,52,58)(H,53,61)(H,54,59)(H,65,66)(H4,43,44,46)/t20-,21-,22+,24-,25-,26-,27-,28-,29-,30-,31-/m0/s1. The van der Waals surface area contributed by atoms with Crippen LogP contribution < -0.4 is 54.4 Å². The number of aliphatic carboxylic acids is 1. The second kappa shape index (κ2) is 28.6. The van der Waals surface area contributed by atoms with E-state index in [9.17, 15) is 53.4 Å². The van der Waals surface area contributed by atoms with E-state index < -0.39 is 126 Å². The number of likely N-dealkylation sites (tertiary alicyclic amines) is 1. The molecule has 0 aromatic carbocycles. The molecular formula is C41H70N14O11S2. The lowest BCUT2D eigenvalue weighted by atomic mass is 9.96. The number of imidazole rings is 1. The maximum atomic E-state index is 14.2. The molecule has 1 aliphatic rings. The Morgan fingerprint density at radius 3 is 1.93 bits per heavy atom. The summed E-state index contributed by atoms with van der Waals surface area (Å²) in [5, 5.41) is 37.2. The highest BCUT2D eigenvalue weighted by Crippen LogP contribution is 2.19. The van der Waals surface area contributed by atoms with Crippen molar-refractivity contribution in [1.29, 1.82) is 0 Å². The number of carbonyl (C=O) groups excluding carboxylic acids is 8. The van der Waals surface area contributed by atoms with Gasteiger partial charge in [0.25, 0.3) is 0 Å². The Bertz CT molecular complexity index is 1920. The fourth-order valence-corrected chi connectivity index (χ4v) is 7.36. The Kier molecular flexibility index (Phi) is 24.6. The Labute approximate surface area is 406 Å². The first-order valence-electron chi connectivity index (χ1n) is 22.3. The van der Waals surface area contributed by atoms with Crippen LogP contribution in [0.2, 0.25) is 0 Å². The molecule has 16 N–H and O–H groups in total. The van der Waals surface area contributed by atoms with E-state index in [4.69, 9.17) is 17.2 Å². The van der Waals surface area contributed by atoms with Crippen molar-refractivity contribution >= 4 is 84.4 Å². The second-order valence-electron chi connectivity index (χ2n) is 17.0. The van der Waals surface area contributed by atoms with Gasteiger partial charge < -0.3 is 74.5 Å². The third-order valence-corrected chi connectivity index (χ3v) is 11.9. The number of carboxylic acids is 1. The Morgan fingerprint density at radius 2 is 1.38 bits per heavy atom. The van der Waals surface area contributed by atoms with Crippen molar-refractivity contribution < 1.29 is 53.4 Å². The van der Waals surface area contributed by atoms with Gasteiger partial charge in [-0.05, 0) is 51.4 Å². The van der Waals surface area contributed by atoms with Gasteiger partial charge in [0.1, 0.15) is 48.3 Å². The molecule has 1 aliphatic heterocycles. The van der Waals surface area contributed by atoms with Crippen LogP contribution in [0.3, 0.4) is 0 Å². The molecule has 0 spiro atoms. The largest absolute Gasteiger partial charge is 0.480 e. The molecule has 68 heavy (non-hydrogen) atoms. The summed E-state index contributed by atoms with van der Waals surface area (Å²) in [6.07, 6.45) is 2.60. The number of hydrogen-bond donors (Lipinski definition) is 15. The van der Waals surface area contributed by atoms with E-state index in [1.54, 1.807) is 27.7 Å². The maximum absolute atomic E-state index is 14.2. The predicted octanol–water partition coefficient (Wildman–Crippen LogP) is -4.24. The Morgan fingerprint density at radius 1 is 0.809 bits per heavy atom. The number of nitrogens with two attached hydrogens (primary N) is 3. The van der Waals surface area contributed by atoms with Gasteiger partial charge in [0.15, 0.2) is 5.96 Å². The van der Waals surface area contributed by atoms with Crippen LogP contribution in [0.5, 0.6) is 0 Å². The molecule has 27 heteroatoms. The minimum Gasteiger partial charge on any atom is -0.480 e. The molecule has 0 unspecified atom stereocenters. The summed E-state index contributed by atoms with van der Waals surface area (Å²) in [4.78, 5) is 132. The van der Waals surface area contributed by atoms with Gasteiger partial charge in [-0.25, -0.2) is 4.98 Å². The summed E-state index contributed by atoms with van der Waals surface area (Å²) in [5.74, 6) is -9.12. The van der Waals surface area contributed by atoms with E-state index in [0.29, 0.717) is 25.0 Å². The highest BCUT2D eigenvalue weighted by molar-refractivity contribution is 7.80. The highest BCUT2D eigenvalue weighted by atomic mass is 32.1. The number of amides is 8. The average molecular weight is 999 g/mol. The number of thiol groups is 2. The van der Waals surface area contributed by atoms with Crippen LogP contribution in [-0.2, 0) is 49.6 Å². The number of guanidine groups is 1. The first-order valence-corrected chi connectivity index (χ1v) is 23.6. The number of H-pyrrole nitrogens is 1. The summed E-state index contributed by atoms with van der Waals surface area (Å²) < 4.78 is 0. The summed E-state index contributed by atoms with van der Waals surface area (Å²) in [6, 6.07) is -11.4. The zero-order chi connectivity index (χ0) is 51.4. The number of aliphatic hydroxyl groups is 1. The van der Waals surface area contributed by atoms with Crippen molar-refractivity contribution in [2.45, 2.75) is 141 Å². The normalized spacial score (nSPS) is 17.9. The zero-order valence-corrected chi connectivity index (χ0v) is 41.0. The van der Waals surface area contributed by atoms with Crippen molar-refractivity contribution in [3.8, 4) is 0 Å². The maximum Gasteiger partial charge on any atom is 0.325 e. The number of aliphatic imine (C=N–C) groups is 1. The average Bonchev–Trinajstić information content (AvgIpc) is 4.00. The number of nitrogens with one attached hydrogen (secondary N) is 8. The van der Waals surface area contributed by atoms with Gasteiger partial charge in [-0.2, -0.15) is 25.3 Å². The number of aromatic amines is 1. The van der Waals surface area contributed by atoms with Gasteiger partial charge in [0.2, 0.25) is 47.3 Å². The van der Waals surface area contributed by atoms with Gasteiger partial charge in [-0.1, -0.05) is 34.1 Å². The predicted molar refractivity (Wildman–Crippen MR) is 255 cm³/mol. The number of aromatic nitrogens is 2. The summed E-state index contributed by atoms with van der Waals surface area (Å²) in [5.41, 5.74) is 17.3. The van der Waals surface area contributed by atoms with Crippen LogP contribution in [-0.4, -0.2) is 169 Å². The topological polar surface area (TPSA) is 401 Å². The fourth-order valence-electron chi connectivity index (χ4n) is 6.95. The molecular weight excluding hydrogens is 929 g/mol. The lowest BCUT2D eigenvalue weighted by Gasteiger charge is -2.31. The van der Waals surface area contributed by atoms with Crippen molar-refractivity contribution in [1.82, 2.24) is 52.1 Å². The third-order valence-electron chi connectivity index (χ3n) is 11.2. The smallest absolute Gasteiger partial charge is 0.325 e. The minimum atomic E-state index is -1.60.